The summed E-state index contributed by atoms with van der Waals surface area (Å²) >= 11 is 0. The van der Waals surface area contributed by atoms with Crippen LogP contribution in [0.25, 0.3) is 0 Å². The maximum atomic E-state index is 11.4. The molecule has 0 spiro atoms. The molecule has 0 bridgehead atoms. The van der Waals surface area contributed by atoms with Crippen LogP contribution in [-0.2, 0) is 16.0 Å². The zero-order valence-electron chi connectivity index (χ0n) is 9.27. The molecule has 86 valence electrons. The Morgan fingerprint density at radius 2 is 2.31 bits per heavy atom. The number of nitrogens with two attached hydrogens (primary N) is 1. The lowest BCUT2D eigenvalue weighted by molar-refractivity contribution is -0.125. The van der Waals surface area contributed by atoms with E-state index in [9.17, 15) is 4.79 Å². The van der Waals surface area contributed by atoms with Gasteiger partial charge in [-0.15, -0.1) is 0 Å². The highest BCUT2D eigenvalue weighted by atomic mass is 16.5. The minimum atomic E-state index is -0.115. The van der Waals surface area contributed by atoms with Crippen LogP contribution in [0.15, 0.2) is 24.3 Å². The smallest absolute Gasteiger partial charge is 0.246 e. The molecule has 4 heteroatoms. The normalized spacial score (nSPS) is 22.9. The molecule has 4 nitrogen and oxygen atoms in total. The molecule has 2 atom stereocenters. The average molecular weight is 220 g/mol. The van der Waals surface area contributed by atoms with E-state index in [-0.39, 0.29) is 24.6 Å². The van der Waals surface area contributed by atoms with Gasteiger partial charge in [-0.2, -0.15) is 0 Å². The number of hydrogen-bond acceptors (Lipinski definition) is 3. The van der Waals surface area contributed by atoms with Gasteiger partial charge in [0, 0.05) is 7.11 Å². The molecular weight excluding hydrogens is 204 g/mol. The van der Waals surface area contributed by atoms with Crippen molar-refractivity contribution in [2.75, 3.05) is 13.7 Å². The first-order valence-electron chi connectivity index (χ1n) is 5.34. The van der Waals surface area contributed by atoms with Gasteiger partial charge in [-0.3, -0.25) is 4.79 Å². The Kier molecular flexibility index (Phi) is 3.22. The summed E-state index contributed by atoms with van der Waals surface area (Å²) in [4.78, 5) is 11.4. The fourth-order valence-corrected chi connectivity index (χ4v) is 2.15. The minimum Gasteiger partial charge on any atom is -0.375 e. The lowest BCUT2D eigenvalue weighted by atomic mass is 10.1. The van der Waals surface area contributed by atoms with Crippen LogP contribution in [0.3, 0.4) is 0 Å². The van der Waals surface area contributed by atoms with Crippen LogP contribution in [0.2, 0.25) is 0 Å². The van der Waals surface area contributed by atoms with Gasteiger partial charge in [0.2, 0.25) is 5.91 Å². The monoisotopic (exact) mass is 220 g/mol. The molecule has 0 saturated heterocycles. The summed E-state index contributed by atoms with van der Waals surface area (Å²) in [6.45, 7) is 0.0829. The Balaban J connectivity index is 2.04. The molecule has 16 heavy (non-hydrogen) atoms. The Hall–Kier alpha value is -1.39. The number of rotatable bonds is 3. The van der Waals surface area contributed by atoms with E-state index in [2.05, 4.69) is 11.4 Å². The van der Waals surface area contributed by atoms with Crippen LogP contribution in [0, 0.1) is 0 Å². The Morgan fingerprint density at radius 1 is 1.56 bits per heavy atom. The molecule has 1 amide bonds. The number of hydrogen-bond donors (Lipinski definition) is 2. The third-order valence-electron chi connectivity index (χ3n) is 2.91. The highest BCUT2D eigenvalue weighted by Crippen LogP contribution is 2.29. The highest BCUT2D eigenvalue weighted by molar-refractivity contribution is 5.77. The number of ether oxygens (including phenoxy) is 1. The summed E-state index contributed by atoms with van der Waals surface area (Å²) in [6.07, 6.45) is 0.798. The Morgan fingerprint density at radius 3 is 3.00 bits per heavy atom. The van der Waals surface area contributed by atoms with Crippen molar-refractivity contribution in [3.8, 4) is 0 Å². The Labute approximate surface area is 94.8 Å². The maximum Gasteiger partial charge on any atom is 0.246 e. The Bertz CT molecular complexity index is 392. The number of benzene rings is 1. The molecule has 1 aliphatic carbocycles. The van der Waals surface area contributed by atoms with E-state index < -0.39 is 0 Å². The van der Waals surface area contributed by atoms with Crippen LogP contribution < -0.4 is 11.1 Å². The van der Waals surface area contributed by atoms with Crippen molar-refractivity contribution in [3.63, 3.8) is 0 Å². The van der Waals surface area contributed by atoms with Crippen LogP contribution >= 0.6 is 0 Å². The zero-order chi connectivity index (χ0) is 11.5. The minimum absolute atomic E-state index is 0.0138. The van der Waals surface area contributed by atoms with Gasteiger partial charge < -0.3 is 15.8 Å². The second-order valence-corrected chi connectivity index (χ2v) is 4.04. The largest absolute Gasteiger partial charge is 0.375 e. The van der Waals surface area contributed by atoms with Crippen molar-refractivity contribution >= 4 is 5.91 Å². The van der Waals surface area contributed by atoms with Gasteiger partial charge in [-0.05, 0) is 17.5 Å². The molecule has 2 rings (SSSR count). The van der Waals surface area contributed by atoms with E-state index in [1.807, 2.05) is 18.2 Å². The molecule has 0 radical (unpaired) electrons. The van der Waals surface area contributed by atoms with Crippen molar-refractivity contribution in [1.29, 1.82) is 0 Å². The van der Waals surface area contributed by atoms with Crippen molar-refractivity contribution < 1.29 is 9.53 Å². The summed E-state index contributed by atoms with van der Waals surface area (Å²) in [6, 6.07) is 7.90. The van der Waals surface area contributed by atoms with Crippen LogP contribution in [0.4, 0.5) is 0 Å². The number of carbonyl (C=O) groups is 1. The fourth-order valence-electron chi connectivity index (χ4n) is 2.15. The highest BCUT2D eigenvalue weighted by Gasteiger charge is 2.30. The van der Waals surface area contributed by atoms with Gasteiger partial charge >= 0.3 is 0 Å². The molecule has 3 N–H and O–H groups in total. The quantitative estimate of drug-likeness (QED) is 0.773. The van der Waals surface area contributed by atoms with E-state index >= 15 is 0 Å². The number of methoxy groups -OCH3 is 1. The predicted molar refractivity (Wildman–Crippen MR) is 60.9 cm³/mol. The van der Waals surface area contributed by atoms with E-state index in [4.69, 9.17) is 10.5 Å². The van der Waals surface area contributed by atoms with Crippen molar-refractivity contribution in [1.82, 2.24) is 5.32 Å². The molecular formula is C12H16N2O2. The van der Waals surface area contributed by atoms with Crippen molar-refractivity contribution in [2.24, 2.45) is 5.73 Å². The van der Waals surface area contributed by atoms with Gasteiger partial charge in [0.1, 0.15) is 6.61 Å². The summed E-state index contributed by atoms with van der Waals surface area (Å²) in [7, 11) is 1.50. The van der Waals surface area contributed by atoms with Crippen molar-refractivity contribution in [3.05, 3.63) is 35.4 Å². The lowest BCUT2D eigenvalue weighted by Crippen LogP contribution is -2.42. The van der Waals surface area contributed by atoms with Gasteiger partial charge in [-0.25, -0.2) is 0 Å². The molecule has 1 aromatic rings. The first-order chi connectivity index (χ1) is 7.72. The first kappa shape index (κ1) is 11.1. The second-order valence-electron chi connectivity index (χ2n) is 4.04. The maximum absolute atomic E-state index is 11.4. The van der Waals surface area contributed by atoms with Crippen molar-refractivity contribution in [2.45, 2.75) is 18.5 Å². The van der Waals surface area contributed by atoms with Gasteiger partial charge in [0.05, 0.1) is 12.1 Å². The number of amides is 1. The molecule has 0 aliphatic heterocycles. The first-order valence-corrected chi connectivity index (χ1v) is 5.34. The summed E-state index contributed by atoms with van der Waals surface area (Å²) < 4.78 is 4.77. The molecule has 0 fully saturated rings. The molecule has 0 aromatic heterocycles. The standard InChI is InChI=1S/C12H16N2O2/c1-16-7-11(15)14-10-6-8-4-2-3-5-9(8)12(10)13/h2-5,10,12H,6-7,13H2,1H3,(H,14,15)/t10-,12-/m1/s1. The van der Waals surface area contributed by atoms with E-state index in [0.29, 0.717) is 0 Å². The van der Waals surface area contributed by atoms with Crippen LogP contribution in [0.1, 0.15) is 17.2 Å². The number of fused-ring (bicyclic) bond motifs is 1. The SMILES string of the molecule is COCC(=O)N[C@@H]1Cc2ccccc2[C@H]1N. The van der Waals surface area contributed by atoms with Crippen LogP contribution in [0.5, 0.6) is 0 Å². The third kappa shape index (κ3) is 2.08. The van der Waals surface area contributed by atoms with Gasteiger partial charge in [0.15, 0.2) is 0 Å². The average Bonchev–Trinajstić information content (AvgIpc) is 2.57. The van der Waals surface area contributed by atoms with Crippen LogP contribution in [-0.4, -0.2) is 25.7 Å². The van der Waals surface area contributed by atoms with E-state index in [1.165, 1.54) is 12.7 Å². The molecule has 0 unspecified atom stereocenters. The summed E-state index contributed by atoms with van der Waals surface area (Å²) in [5.41, 5.74) is 8.43. The molecule has 0 saturated carbocycles. The summed E-state index contributed by atoms with van der Waals surface area (Å²) in [5, 5.41) is 2.89. The summed E-state index contributed by atoms with van der Waals surface area (Å²) in [5.74, 6) is -0.115. The number of nitrogens with one attached hydrogen (secondary N) is 1. The van der Waals surface area contributed by atoms with Gasteiger partial charge in [-0.1, -0.05) is 24.3 Å². The zero-order valence-corrected chi connectivity index (χ0v) is 9.27. The molecule has 1 aliphatic rings. The third-order valence-corrected chi connectivity index (χ3v) is 2.91. The topological polar surface area (TPSA) is 64.3 Å². The van der Waals surface area contributed by atoms with E-state index in [0.717, 1.165) is 12.0 Å². The van der Waals surface area contributed by atoms with E-state index in [1.54, 1.807) is 0 Å². The number of carbonyl (C=O) groups excluding carboxylic acids is 1. The molecule has 1 aromatic carbocycles. The lowest BCUT2D eigenvalue weighted by Gasteiger charge is -2.17. The molecule has 0 heterocycles. The van der Waals surface area contributed by atoms with Gasteiger partial charge in [0.25, 0.3) is 0 Å². The predicted octanol–water partition coefficient (Wildman–Crippen LogP) is 0.374. The fraction of sp³-hybridized carbons (Fsp3) is 0.417. The second kappa shape index (κ2) is 4.63.